The van der Waals surface area contributed by atoms with Crippen molar-refractivity contribution in [1.82, 2.24) is 9.88 Å². The second kappa shape index (κ2) is 6.67. The van der Waals surface area contributed by atoms with E-state index in [9.17, 15) is 9.59 Å². The molecular weight excluding hydrogens is 272 g/mol. The molecule has 2 atom stereocenters. The largest absolute Gasteiger partial charge is 0.479 e. The van der Waals surface area contributed by atoms with Crippen molar-refractivity contribution in [3.63, 3.8) is 0 Å². The summed E-state index contributed by atoms with van der Waals surface area (Å²) in [6, 6.07) is 5.68. The Morgan fingerprint density at radius 3 is 2.67 bits per heavy atom. The third-order valence-electron chi connectivity index (χ3n) is 3.56. The normalized spacial score (nSPS) is 21.2. The van der Waals surface area contributed by atoms with Crippen LogP contribution in [-0.4, -0.2) is 45.6 Å². The lowest BCUT2D eigenvalue weighted by Gasteiger charge is -2.23. The summed E-state index contributed by atoms with van der Waals surface area (Å²) in [5.74, 6) is -1.17. The van der Waals surface area contributed by atoms with Crippen molar-refractivity contribution in [1.29, 1.82) is 0 Å². The Morgan fingerprint density at radius 2 is 2.10 bits per heavy atom. The molecule has 1 aliphatic heterocycles. The van der Waals surface area contributed by atoms with Gasteiger partial charge in [0.15, 0.2) is 6.10 Å². The van der Waals surface area contributed by atoms with Gasteiger partial charge >= 0.3 is 5.97 Å². The number of carbonyl (C=O) groups excluding carboxylic acids is 1. The Balaban J connectivity index is 2.01. The minimum absolute atomic E-state index is 0.162. The van der Waals surface area contributed by atoms with Gasteiger partial charge in [-0.25, -0.2) is 4.79 Å². The van der Waals surface area contributed by atoms with Crippen molar-refractivity contribution in [2.24, 2.45) is 0 Å². The van der Waals surface area contributed by atoms with Crippen LogP contribution in [-0.2, 0) is 20.9 Å². The van der Waals surface area contributed by atoms with E-state index in [4.69, 9.17) is 9.84 Å². The summed E-state index contributed by atoms with van der Waals surface area (Å²) in [7, 11) is 0. The molecule has 114 valence electrons. The van der Waals surface area contributed by atoms with E-state index < -0.39 is 18.2 Å². The minimum Gasteiger partial charge on any atom is -0.479 e. The lowest BCUT2D eigenvalue weighted by atomic mass is 10.1. The number of aryl methyl sites for hydroxylation is 1. The van der Waals surface area contributed by atoms with Crippen LogP contribution < -0.4 is 0 Å². The number of aliphatic carboxylic acids is 1. The molecule has 0 bridgehead atoms. The zero-order valence-electron chi connectivity index (χ0n) is 12.3. The maximum Gasteiger partial charge on any atom is 0.332 e. The molecule has 21 heavy (non-hydrogen) atoms. The fourth-order valence-corrected chi connectivity index (χ4v) is 2.43. The molecule has 2 heterocycles. The first kappa shape index (κ1) is 15.4. The fourth-order valence-electron chi connectivity index (χ4n) is 2.43. The highest BCUT2D eigenvalue weighted by molar-refractivity contribution is 5.82. The molecule has 1 amide bonds. The van der Waals surface area contributed by atoms with Gasteiger partial charge in [0.1, 0.15) is 6.10 Å². The van der Waals surface area contributed by atoms with Gasteiger partial charge < -0.3 is 14.7 Å². The van der Waals surface area contributed by atoms with E-state index >= 15 is 0 Å². The Hall–Kier alpha value is -1.95. The van der Waals surface area contributed by atoms with Crippen molar-refractivity contribution in [3.05, 3.63) is 29.6 Å². The molecule has 1 aliphatic rings. The third kappa shape index (κ3) is 3.78. The highest BCUT2D eigenvalue weighted by Gasteiger charge is 2.36. The van der Waals surface area contributed by atoms with Gasteiger partial charge in [0.2, 0.25) is 0 Å². The molecule has 1 N–H and O–H groups in total. The average Bonchev–Trinajstić information content (AvgIpc) is 2.94. The maximum absolute atomic E-state index is 12.4. The maximum atomic E-state index is 12.4. The first-order chi connectivity index (χ1) is 10.0. The number of carbonyl (C=O) groups is 2. The highest BCUT2D eigenvalue weighted by atomic mass is 16.5. The van der Waals surface area contributed by atoms with Gasteiger partial charge in [-0.15, -0.1) is 0 Å². The van der Waals surface area contributed by atoms with Crippen LogP contribution in [0.4, 0.5) is 0 Å². The molecule has 1 fully saturated rings. The average molecular weight is 292 g/mol. The number of likely N-dealkylation sites (N-methyl/N-ethyl adjacent to an activating group) is 1. The number of amides is 1. The molecule has 1 saturated heterocycles. The van der Waals surface area contributed by atoms with E-state index in [1.807, 2.05) is 32.0 Å². The predicted molar refractivity (Wildman–Crippen MR) is 75.6 cm³/mol. The van der Waals surface area contributed by atoms with E-state index in [2.05, 4.69) is 4.98 Å². The Bertz CT molecular complexity index is 532. The topological polar surface area (TPSA) is 79.7 Å². The lowest BCUT2D eigenvalue weighted by Crippen LogP contribution is -2.39. The van der Waals surface area contributed by atoms with Crippen LogP contribution in [0.1, 0.15) is 31.2 Å². The van der Waals surface area contributed by atoms with Crippen LogP contribution in [0.5, 0.6) is 0 Å². The molecule has 2 rings (SSSR count). The second-order valence-electron chi connectivity index (χ2n) is 5.15. The van der Waals surface area contributed by atoms with E-state index in [1.165, 1.54) is 0 Å². The van der Waals surface area contributed by atoms with Crippen molar-refractivity contribution in [3.8, 4) is 0 Å². The summed E-state index contributed by atoms with van der Waals surface area (Å²) in [4.78, 5) is 29.3. The first-order valence-corrected chi connectivity index (χ1v) is 7.11. The molecule has 0 radical (unpaired) electrons. The molecule has 0 aliphatic carbocycles. The number of aromatic nitrogens is 1. The standard InChI is InChI=1S/C15H20N2O4/c1-3-17(9-11-6-4-5-10(2)16-11)14(18)12-7-8-13(21-12)15(19)20/h4-6,12-13H,3,7-9H2,1-2H3,(H,19,20)/t12-,13+/m0/s1. The minimum atomic E-state index is -1.01. The first-order valence-electron chi connectivity index (χ1n) is 7.11. The van der Waals surface area contributed by atoms with E-state index in [1.54, 1.807) is 4.90 Å². The number of carboxylic acids is 1. The third-order valence-corrected chi connectivity index (χ3v) is 3.56. The lowest BCUT2D eigenvalue weighted by molar-refractivity contribution is -0.155. The molecule has 1 aromatic rings. The molecule has 0 spiro atoms. The molecule has 6 nitrogen and oxygen atoms in total. The number of pyridine rings is 1. The van der Waals surface area contributed by atoms with Gasteiger partial charge in [-0.05, 0) is 38.8 Å². The number of rotatable bonds is 5. The van der Waals surface area contributed by atoms with Gasteiger partial charge in [-0.2, -0.15) is 0 Å². The van der Waals surface area contributed by atoms with E-state index in [0.29, 0.717) is 25.9 Å². The van der Waals surface area contributed by atoms with Gasteiger partial charge in [0.25, 0.3) is 5.91 Å². The molecule has 0 saturated carbocycles. The highest BCUT2D eigenvalue weighted by Crippen LogP contribution is 2.22. The summed E-state index contributed by atoms with van der Waals surface area (Å²) in [5, 5.41) is 8.91. The van der Waals surface area contributed by atoms with Crippen LogP contribution in [0.2, 0.25) is 0 Å². The molecule has 0 unspecified atom stereocenters. The zero-order valence-corrected chi connectivity index (χ0v) is 12.3. The van der Waals surface area contributed by atoms with Gasteiger partial charge in [-0.3, -0.25) is 9.78 Å². The van der Waals surface area contributed by atoms with Crippen molar-refractivity contribution in [2.75, 3.05) is 6.54 Å². The number of hydrogen-bond acceptors (Lipinski definition) is 4. The number of carboxylic acid groups (broad SMARTS) is 1. The number of hydrogen-bond donors (Lipinski definition) is 1. The summed E-state index contributed by atoms with van der Waals surface area (Å²) < 4.78 is 5.32. The van der Waals surface area contributed by atoms with Crippen molar-refractivity contribution in [2.45, 2.75) is 45.4 Å². The second-order valence-corrected chi connectivity index (χ2v) is 5.15. The van der Waals surface area contributed by atoms with Gasteiger partial charge in [0.05, 0.1) is 12.2 Å². The SMILES string of the molecule is CCN(Cc1cccc(C)n1)C(=O)[C@@H]1CC[C@H](C(=O)O)O1. The molecular formula is C15H20N2O4. The number of nitrogens with zero attached hydrogens (tertiary/aromatic N) is 2. The molecule has 0 aromatic carbocycles. The fraction of sp³-hybridized carbons (Fsp3) is 0.533. The Labute approximate surface area is 123 Å². The zero-order chi connectivity index (χ0) is 15.4. The van der Waals surface area contributed by atoms with E-state index in [-0.39, 0.29) is 5.91 Å². The van der Waals surface area contributed by atoms with E-state index in [0.717, 1.165) is 11.4 Å². The van der Waals surface area contributed by atoms with Crippen LogP contribution in [0.3, 0.4) is 0 Å². The smallest absolute Gasteiger partial charge is 0.332 e. The van der Waals surface area contributed by atoms with Gasteiger partial charge in [-0.1, -0.05) is 6.07 Å². The summed E-state index contributed by atoms with van der Waals surface area (Å²) >= 11 is 0. The number of ether oxygens (including phenoxy) is 1. The predicted octanol–water partition coefficient (Wildman–Crippen LogP) is 1.37. The monoisotopic (exact) mass is 292 g/mol. The van der Waals surface area contributed by atoms with Crippen molar-refractivity contribution < 1.29 is 19.4 Å². The van der Waals surface area contributed by atoms with Gasteiger partial charge in [0, 0.05) is 12.2 Å². The Kier molecular flexibility index (Phi) is 4.90. The molecule has 6 heteroatoms. The molecule has 1 aromatic heterocycles. The van der Waals surface area contributed by atoms with Crippen LogP contribution in [0, 0.1) is 6.92 Å². The summed E-state index contributed by atoms with van der Waals surface area (Å²) in [5.41, 5.74) is 1.72. The van der Waals surface area contributed by atoms with Crippen LogP contribution in [0.15, 0.2) is 18.2 Å². The van der Waals surface area contributed by atoms with Crippen molar-refractivity contribution >= 4 is 11.9 Å². The Morgan fingerprint density at radius 1 is 1.38 bits per heavy atom. The quantitative estimate of drug-likeness (QED) is 0.886. The summed E-state index contributed by atoms with van der Waals surface area (Å²) in [6.07, 6.45) is -0.690. The van der Waals surface area contributed by atoms with Crippen LogP contribution >= 0.6 is 0 Å². The summed E-state index contributed by atoms with van der Waals surface area (Å²) in [6.45, 7) is 4.73. The van der Waals surface area contributed by atoms with Crippen LogP contribution in [0.25, 0.3) is 0 Å².